The predicted molar refractivity (Wildman–Crippen MR) is 143 cm³/mol. The van der Waals surface area contributed by atoms with Gasteiger partial charge in [0.2, 0.25) is 11.5 Å². The maximum Gasteiger partial charge on any atom is 0.413 e. The molecule has 1 aromatic carbocycles. The molecule has 0 spiro atoms. The van der Waals surface area contributed by atoms with Crippen LogP contribution < -0.4 is 25.1 Å². The molecule has 0 aliphatic heterocycles. The number of rotatable bonds is 9. The van der Waals surface area contributed by atoms with Gasteiger partial charge in [0.05, 0.1) is 13.7 Å². The summed E-state index contributed by atoms with van der Waals surface area (Å²) >= 11 is 0. The Morgan fingerprint density at radius 3 is 2.47 bits per heavy atom. The summed E-state index contributed by atoms with van der Waals surface area (Å²) < 4.78 is 19.4. The molecule has 13 heteroatoms. The molecule has 0 saturated heterocycles. The molecule has 3 rings (SSSR count). The largest absolute Gasteiger partial charge is 0.493 e. The minimum absolute atomic E-state index is 0. The molecule has 0 radical (unpaired) electrons. The number of Topliss-reactive ketones (excluding diaryl/α,β-unsaturated/α-hetero) is 1. The first-order valence-corrected chi connectivity index (χ1v) is 11.9. The molecule has 3 aromatic rings. The molecule has 208 valence electrons. The fourth-order valence-electron chi connectivity index (χ4n) is 3.78. The molecule has 0 aliphatic rings. The lowest BCUT2D eigenvalue weighted by atomic mass is 9.84. The van der Waals surface area contributed by atoms with E-state index in [0.717, 1.165) is 5.56 Å². The lowest BCUT2D eigenvalue weighted by Crippen LogP contribution is -2.29. The molecule has 38 heavy (non-hydrogen) atoms. The molecule has 2 N–H and O–H groups in total. The number of methoxy groups -OCH3 is 1. The maximum absolute atomic E-state index is 13.5. The van der Waals surface area contributed by atoms with Gasteiger partial charge in [-0.05, 0) is 31.4 Å². The number of aryl methyl sites for hydroxylation is 1. The monoisotopic (exact) mass is 550 g/mol. The van der Waals surface area contributed by atoms with E-state index >= 15 is 0 Å². The Labute approximate surface area is 227 Å². The zero-order valence-electron chi connectivity index (χ0n) is 22.7. The minimum atomic E-state index is -0.625. The number of hydrogen-bond donors (Lipinski definition) is 2. The van der Waals surface area contributed by atoms with Crippen molar-refractivity contribution >= 4 is 29.9 Å². The molecule has 0 aliphatic carbocycles. The molecule has 0 unspecified atom stereocenters. The van der Waals surface area contributed by atoms with Crippen LogP contribution in [-0.4, -0.2) is 70.3 Å². The van der Waals surface area contributed by atoms with Crippen LogP contribution in [0, 0.1) is 6.92 Å². The van der Waals surface area contributed by atoms with Gasteiger partial charge in [-0.3, -0.25) is 9.79 Å². The van der Waals surface area contributed by atoms with E-state index < -0.39 is 6.09 Å². The normalized spacial score (nSPS) is 11.7. The zero-order chi connectivity index (χ0) is 27.3. The number of ketones is 1. The quantitative estimate of drug-likeness (QED) is 0.387. The van der Waals surface area contributed by atoms with Crippen LogP contribution in [0.4, 0.5) is 4.79 Å². The third kappa shape index (κ3) is 6.62. The topological polar surface area (TPSA) is 142 Å². The molecule has 2 heterocycles. The van der Waals surface area contributed by atoms with Crippen LogP contribution >= 0.6 is 12.4 Å². The summed E-state index contributed by atoms with van der Waals surface area (Å²) in [5.74, 6) is 0.725. The molecule has 0 fully saturated rings. The van der Waals surface area contributed by atoms with Crippen molar-refractivity contribution < 1.29 is 28.9 Å². The third-order valence-corrected chi connectivity index (χ3v) is 5.48. The number of halogens is 1. The first-order valence-electron chi connectivity index (χ1n) is 11.9. The number of ether oxygens (including phenoxy) is 3. The van der Waals surface area contributed by atoms with Crippen LogP contribution in [0.1, 0.15) is 49.2 Å². The van der Waals surface area contributed by atoms with E-state index in [1.807, 2.05) is 20.8 Å². The third-order valence-electron chi connectivity index (χ3n) is 5.48. The van der Waals surface area contributed by atoms with Gasteiger partial charge in [0.1, 0.15) is 13.2 Å². The number of aromatic nitrogens is 4. The number of benzene rings is 1. The standard InChI is InChI=1S/C25H34N6O6.ClH/c1-8-27-24(34)37-20-11-15(2)22-29-30(23(26-6)31(22)28-20)14-18(33)16-12-17(25(3,4)5)21(35-7)19(13-16)36-10-9-32;/h11-13,32H,8-10,14H2,1-7H3,(H,27,34);1H. The molecule has 0 saturated carbocycles. The van der Waals surface area contributed by atoms with Gasteiger partial charge in [0, 0.05) is 36.3 Å². The first kappa shape index (κ1) is 30.6. The van der Waals surface area contributed by atoms with Crippen molar-refractivity contribution in [3.05, 3.63) is 40.5 Å². The van der Waals surface area contributed by atoms with Crippen molar-refractivity contribution in [1.29, 1.82) is 0 Å². The van der Waals surface area contributed by atoms with Crippen molar-refractivity contribution in [2.45, 2.75) is 46.6 Å². The van der Waals surface area contributed by atoms with Crippen LogP contribution in [0.2, 0.25) is 0 Å². The van der Waals surface area contributed by atoms with Crippen molar-refractivity contribution in [3.8, 4) is 17.4 Å². The predicted octanol–water partition coefficient (Wildman–Crippen LogP) is 2.46. The Balaban J connectivity index is 0.00000507. The number of nitrogens with zero attached hydrogens (tertiary/aromatic N) is 5. The Morgan fingerprint density at radius 2 is 1.89 bits per heavy atom. The fourth-order valence-corrected chi connectivity index (χ4v) is 3.78. The number of aliphatic hydroxyl groups excluding tert-OH is 1. The van der Waals surface area contributed by atoms with E-state index in [1.165, 1.54) is 9.20 Å². The van der Waals surface area contributed by atoms with E-state index in [2.05, 4.69) is 20.5 Å². The Hall–Kier alpha value is -3.64. The van der Waals surface area contributed by atoms with Gasteiger partial charge >= 0.3 is 6.09 Å². The molecule has 0 atom stereocenters. The minimum Gasteiger partial charge on any atom is -0.493 e. The number of aliphatic hydroxyl groups is 1. The number of nitrogens with one attached hydrogen (secondary N) is 1. The highest BCUT2D eigenvalue weighted by Crippen LogP contribution is 2.40. The molecular formula is C25H35ClN6O6. The van der Waals surface area contributed by atoms with E-state index in [-0.39, 0.29) is 49.2 Å². The Morgan fingerprint density at radius 1 is 1.18 bits per heavy atom. The van der Waals surface area contributed by atoms with Gasteiger partial charge < -0.3 is 24.6 Å². The molecule has 12 nitrogen and oxygen atoms in total. The van der Waals surface area contributed by atoms with Crippen LogP contribution in [-0.2, 0) is 12.0 Å². The van der Waals surface area contributed by atoms with Gasteiger partial charge in [-0.25, -0.2) is 9.48 Å². The maximum atomic E-state index is 13.5. The summed E-state index contributed by atoms with van der Waals surface area (Å²) in [4.78, 5) is 29.6. The Bertz CT molecular complexity index is 1380. The lowest BCUT2D eigenvalue weighted by molar-refractivity contribution is 0.0965. The smallest absolute Gasteiger partial charge is 0.413 e. The van der Waals surface area contributed by atoms with Gasteiger partial charge in [-0.2, -0.15) is 4.52 Å². The number of carbonyl (C=O) groups excluding carboxylic acids is 2. The number of carbonyl (C=O) groups is 2. The summed E-state index contributed by atoms with van der Waals surface area (Å²) in [6, 6.07) is 4.98. The first-order chi connectivity index (χ1) is 17.5. The average molecular weight is 551 g/mol. The summed E-state index contributed by atoms with van der Waals surface area (Å²) in [5, 5.41) is 20.7. The van der Waals surface area contributed by atoms with Crippen LogP contribution in [0.5, 0.6) is 17.4 Å². The number of fused-ring (bicyclic) bond motifs is 1. The van der Waals surface area contributed by atoms with E-state index in [0.29, 0.717) is 40.4 Å². The van der Waals surface area contributed by atoms with E-state index in [9.17, 15) is 14.7 Å². The summed E-state index contributed by atoms with van der Waals surface area (Å²) in [6.07, 6.45) is -0.625. The van der Waals surface area contributed by atoms with Crippen molar-refractivity contribution in [3.63, 3.8) is 0 Å². The zero-order valence-corrected chi connectivity index (χ0v) is 23.5. The highest BCUT2D eigenvalue weighted by atomic mass is 35.5. The van der Waals surface area contributed by atoms with Crippen LogP contribution in [0.15, 0.2) is 23.2 Å². The highest BCUT2D eigenvalue weighted by Gasteiger charge is 2.25. The SMILES string of the molecule is CCNC(=O)Oc1cc(C)c2nn(CC(=O)c3cc(OCCO)c(OC)c(C(C)(C)C)c3)c(=NC)n2n1.Cl. The van der Waals surface area contributed by atoms with Crippen molar-refractivity contribution in [2.24, 2.45) is 4.99 Å². The van der Waals surface area contributed by atoms with E-state index in [1.54, 1.807) is 46.2 Å². The van der Waals surface area contributed by atoms with Crippen molar-refractivity contribution in [2.75, 3.05) is 33.9 Å². The van der Waals surface area contributed by atoms with Gasteiger partial charge in [-0.1, -0.05) is 20.8 Å². The second-order valence-electron chi connectivity index (χ2n) is 9.30. The molecule has 0 bridgehead atoms. The van der Waals surface area contributed by atoms with Crippen molar-refractivity contribution in [1.82, 2.24) is 24.7 Å². The van der Waals surface area contributed by atoms with Gasteiger partial charge in [0.25, 0.3) is 0 Å². The Kier molecular flexibility index (Phi) is 10.3. The lowest BCUT2D eigenvalue weighted by Gasteiger charge is -2.25. The van der Waals surface area contributed by atoms with Crippen LogP contribution in [0.25, 0.3) is 5.65 Å². The summed E-state index contributed by atoms with van der Waals surface area (Å²) in [6.45, 7) is 9.77. The molecule has 1 amide bonds. The highest BCUT2D eigenvalue weighted by molar-refractivity contribution is 5.97. The average Bonchev–Trinajstić information content (AvgIpc) is 3.18. The molecular weight excluding hydrogens is 516 g/mol. The van der Waals surface area contributed by atoms with Gasteiger partial charge in [-0.15, -0.1) is 22.6 Å². The second-order valence-corrected chi connectivity index (χ2v) is 9.30. The molecule has 2 aromatic heterocycles. The number of hydrogen-bond acceptors (Lipinski definition) is 9. The van der Waals surface area contributed by atoms with Crippen LogP contribution in [0.3, 0.4) is 0 Å². The number of amides is 1. The fraction of sp³-hybridized carbons (Fsp3) is 0.480. The van der Waals surface area contributed by atoms with E-state index in [4.69, 9.17) is 14.2 Å². The van der Waals surface area contributed by atoms with Gasteiger partial charge in [0.15, 0.2) is 22.9 Å². The summed E-state index contributed by atoms with van der Waals surface area (Å²) in [5.41, 5.74) is 2.29. The summed E-state index contributed by atoms with van der Waals surface area (Å²) in [7, 11) is 3.10. The second kappa shape index (κ2) is 12.7.